The Hall–Kier alpha value is -1.80. The third-order valence-corrected chi connectivity index (χ3v) is 12.7. The van der Waals surface area contributed by atoms with E-state index in [1.807, 2.05) is 6.92 Å². The van der Waals surface area contributed by atoms with Crippen LogP contribution in [0.25, 0.3) is 0 Å². The second-order valence-corrected chi connectivity index (χ2v) is 16.0. The van der Waals surface area contributed by atoms with E-state index in [1.54, 1.807) is 25.2 Å². The molecule has 5 rings (SSSR count). The molecule has 1 aromatic heterocycles. The summed E-state index contributed by atoms with van der Waals surface area (Å²) in [6.07, 6.45) is 13.6. The maximum absolute atomic E-state index is 13.2. The second kappa shape index (κ2) is 12.5. The minimum absolute atomic E-state index is 0.194. The first-order chi connectivity index (χ1) is 20.3. The molecule has 0 spiro atoms. The Morgan fingerprint density at radius 3 is 2.63 bits per heavy atom. The van der Waals surface area contributed by atoms with Gasteiger partial charge in [0.2, 0.25) is 0 Å². The van der Waals surface area contributed by atoms with Crippen LogP contribution in [-0.2, 0) is 14.9 Å². The summed E-state index contributed by atoms with van der Waals surface area (Å²) in [4.78, 5) is 18.0. The molecule has 238 valence electrons. The third-order valence-electron chi connectivity index (χ3n) is 11.5. The molecule has 0 unspecified atom stereocenters. The van der Waals surface area contributed by atoms with Crippen LogP contribution in [0.2, 0.25) is 0 Å². The Morgan fingerprint density at radius 2 is 1.98 bits per heavy atom. The summed E-state index contributed by atoms with van der Waals surface area (Å²) in [5.41, 5.74) is 3.36. The molecule has 4 fully saturated rings. The minimum atomic E-state index is -0.925. The SMILES string of the molecule is C=C1/C(=C\C=C2/CCC[C@]3(C)[C@@H]([C@H](C)CC[C@H](OC(=O)C(C)(C)CO)C4(c5nc(C)cs5)CC4)CC[C@@H]23)C[C@@H](O)C[C@@H]1O. The molecule has 1 aromatic rings. The van der Waals surface area contributed by atoms with Crippen molar-refractivity contribution in [2.45, 2.75) is 129 Å². The largest absolute Gasteiger partial charge is 0.461 e. The van der Waals surface area contributed by atoms with Gasteiger partial charge in [0.15, 0.2) is 0 Å². The molecule has 4 saturated carbocycles. The van der Waals surface area contributed by atoms with Crippen LogP contribution < -0.4 is 0 Å². The van der Waals surface area contributed by atoms with Crippen LogP contribution in [0.15, 0.2) is 40.8 Å². The van der Waals surface area contributed by atoms with Gasteiger partial charge in [-0.1, -0.05) is 38.2 Å². The van der Waals surface area contributed by atoms with Crippen molar-refractivity contribution in [3.8, 4) is 0 Å². The van der Waals surface area contributed by atoms with Gasteiger partial charge in [-0.3, -0.25) is 4.79 Å². The smallest absolute Gasteiger partial charge is 0.314 e. The van der Waals surface area contributed by atoms with E-state index in [1.165, 1.54) is 31.3 Å². The van der Waals surface area contributed by atoms with Gasteiger partial charge < -0.3 is 20.1 Å². The first-order valence-electron chi connectivity index (χ1n) is 16.5. The van der Waals surface area contributed by atoms with E-state index in [2.05, 4.69) is 38.0 Å². The van der Waals surface area contributed by atoms with Crippen molar-refractivity contribution >= 4 is 17.3 Å². The van der Waals surface area contributed by atoms with Crippen LogP contribution in [0.4, 0.5) is 0 Å². The lowest BCUT2D eigenvalue weighted by atomic mass is 9.60. The highest BCUT2D eigenvalue weighted by atomic mass is 32.1. The molecule has 7 atom stereocenters. The normalized spacial score (nSPS) is 33.8. The van der Waals surface area contributed by atoms with Gasteiger partial charge in [0.1, 0.15) is 11.1 Å². The van der Waals surface area contributed by atoms with Crippen molar-refractivity contribution in [1.82, 2.24) is 4.98 Å². The van der Waals surface area contributed by atoms with Crippen LogP contribution in [0.3, 0.4) is 0 Å². The maximum atomic E-state index is 13.2. The van der Waals surface area contributed by atoms with Crippen LogP contribution in [0.1, 0.15) is 109 Å². The van der Waals surface area contributed by atoms with Gasteiger partial charge in [-0.15, -0.1) is 11.3 Å². The molecule has 3 N–H and O–H groups in total. The highest BCUT2D eigenvalue weighted by molar-refractivity contribution is 7.09. The number of thiazole rings is 1. The summed E-state index contributed by atoms with van der Waals surface area (Å²) in [6, 6.07) is 0. The van der Waals surface area contributed by atoms with Gasteiger partial charge in [-0.05, 0) is 119 Å². The monoisotopic (exact) mass is 611 g/mol. The highest BCUT2D eigenvalue weighted by Gasteiger charge is 2.56. The summed E-state index contributed by atoms with van der Waals surface area (Å²) in [5.74, 6) is 1.32. The summed E-state index contributed by atoms with van der Waals surface area (Å²) in [7, 11) is 0. The van der Waals surface area contributed by atoms with Crippen molar-refractivity contribution in [3.63, 3.8) is 0 Å². The molecule has 7 heteroatoms. The first kappa shape index (κ1) is 32.6. The first-order valence-corrected chi connectivity index (χ1v) is 17.4. The van der Waals surface area contributed by atoms with Crippen molar-refractivity contribution in [3.05, 3.63) is 51.5 Å². The standard InChI is InChI=1S/C36H53NO5S/c1-22(9-14-31(42-33(41)34(4,5)21-38)36(16-17-36)32-37-23(2)20-43-32)28-12-13-29-25(8-7-15-35(28,29)6)10-11-26-18-27(39)19-30(40)24(26)3/h10-11,20,22,27-31,38-40H,3,7-9,12-19,21H2,1-2,4-6H3/b25-10+,26-11-/t22-,27-,28-,29+,30+,31+,35-/m1/s1. The predicted octanol–water partition coefficient (Wildman–Crippen LogP) is 6.97. The van der Waals surface area contributed by atoms with E-state index in [4.69, 9.17) is 9.72 Å². The minimum Gasteiger partial charge on any atom is -0.461 e. The van der Waals surface area contributed by atoms with Gasteiger partial charge in [-0.25, -0.2) is 4.98 Å². The van der Waals surface area contributed by atoms with Crippen LogP contribution in [0.5, 0.6) is 0 Å². The zero-order chi connectivity index (χ0) is 31.2. The number of carbonyl (C=O) groups excluding carboxylic acids is 1. The fourth-order valence-corrected chi connectivity index (χ4v) is 9.59. The van der Waals surface area contributed by atoms with E-state index in [9.17, 15) is 20.1 Å². The molecular formula is C36H53NO5S. The van der Waals surface area contributed by atoms with Crippen molar-refractivity contribution < 1.29 is 24.9 Å². The summed E-state index contributed by atoms with van der Waals surface area (Å²) in [6.45, 7) is 14.3. The molecule has 1 heterocycles. The molecule has 0 saturated heterocycles. The maximum Gasteiger partial charge on any atom is 0.314 e. The Balaban J connectivity index is 1.30. The van der Waals surface area contributed by atoms with Crippen LogP contribution >= 0.6 is 11.3 Å². The lowest BCUT2D eigenvalue weighted by Gasteiger charge is -2.44. The number of rotatable bonds is 10. The van der Waals surface area contributed by atoms with Crippen LogP contribution in [0, 0.1) is 35.5 Å². The molecule has 0 radical (unpaired) electrons. The fourth-order valence-electron chi connectivity index (χ4n) is 8.49. The Bertz CT molecular complexity index is 1260. The van der Waals surface area contributed by atoms with Crippen molar-refractivity contribution in [1.29, 1.82) is 0 Å². The van der Waals surface area contributed by atoms with Gasteiger partial charge in [-0.2, -0.15) is 0 Å². The number of fused-ring (bicyclic) bond motifs is 1. The molecule has 4 aliphatic carbocycles. The van der Waals surface area contributed by atoms with Gasteiger partial charge in [0, 0.05) is 17.5 Å². The predicted molar refractivity (Wildman–Crippen MR) is 172 cm³/mol. The number of nitrogens with zero attached hydrogens (tertiary/aromatic N) is 1. The van der Waals surface area contributed by atoms with E-state index in [0.717, 1.165) is 54.0 Å². The number of aromatic nitrogens is 1. The fraction of sp³-hybridized carbons (Fsp3) is 0.722. The van der Waals surface area contributed by atoms with Crippen molar-refractivity contribution in [2.75, 3.05) is 6.61 Å². The molecule has 0 amide bonds. The topological polar surface area (TPSA) is 99.9 Å². The quantitative estimate of drug-likeness (QED) is 0.247. The molecule has 0 aromatic carbocycles. The molecular weight excluding hydrogens is 558 g/mol. The average Bonchev–Trinajstić information content (AvgIpc) is 3.52. The van der Waals surface area contributed by atoms with E-state index < -0.39 is 17.6 Å². The number of aliphatic hydroxyl groups is 3. The number of aliphatic hydroxyl groups excluding tert-OH is 3. The lowest BCUT2D eigenvalue weighted by Crippen LogP contribution is -2.39. The second-order valence-electron chi connectivity index (χ2n) is 15.1. The third kappa shape index (κ3) is 6.47. The van der Waals surface area contributed by atoms with Crippen molar-refractivity contribution in [2.24, 2.45) is 28.6 Å². The zero-order valence-electron chi connectivity index (χ0n) is 26.9. The molecule has 0 bridgehead atoms. The lowest BCUT2D eigenvalue weighted by molar-refractivity contribution is -0.164. The Labute approximate surface area is 262 Å². The molecule has 0 aliphatic heterocycles. The summed E-state index contributed by atoms with van der Waals surface area (Å²) >= 11 is 1.68. The van der Waals surface area contributed by atoms with Crippen LogP contribution in [-0.4, -0.2) is 51.2 Å². The highest BCUT2D eigenvalue weighted by Crippen LogP contribution is 2.60. The number of esters is 1. The number of hydrogen-bond donors (Lipinski definition) is 3. The number of allylic oxidation sites excluding steroid dienone is 3. The Morgan fingerprint density at radius 1 is 1.23 bits per heavy atom. The Kier molecular flexibility index (Phi) is 9.50. The number of carbonyl (C=O) groups is 1. The number of aryl methyl sites for hydroxylation is 1. The van der Waals surface area contributed by atoms with E-state index in [-0.39, 0.29) is 29.5 Å². The number of hydrogen-bond acceptors (Lipinski definition) is 7. The van der Waals surface area contributed by atoms with E-state index in [0.29, 0.717) is 30.6 Å². The molecule has 4 aliphatic rings. The average molecular weight is 612 g/mol. The van der Waals surface area contributed by atoms with Gasteiger partial charge >= 0.3 is 5.97 Å². The molecule has 6 nitrogen and oxygen atoms in total. The van der Waals surface area contributed by atoms with Gasteiger partial charge in [0.05, 0.1) is 29.6 Å². The zero-order valence-corrected chi connectivity index (χ0v) is 27.7. The summed E-state index contributed by atoms with van der Waals surface area (Å²) < 4.78 is 6.28. The van der Waals surface area contributed by atoms with E-state index >= 15 is 0 Å². The molecule has 43 heavy (non-hydrogen) atoms. The summed E-state index contributed by atoms with van der Waals surface area (Å²) in [5, 5.41) is 33.5. The van der Waals surface area contributed by atoms with Gasteiger partial charge in [0.25, 0.3) is 0 Å². The number of ether oxygens (including phenoxy) is 1.